The Bertz CT molecular complexity index is 669. The van der Waals surface area contributed by atoms with Gasteiger partial charge in [-0.05, 0) is 37.7 Å². The summed E-state index contributed by atoms with van der Waals surface area (Å²) in [5.74, 6) is -0.973. The highest BCUT2D eigenvalue weighted by Crippen LogP contribution is 2.42. The van der Waals surface area contributed by atoms with Crippen LogP contribution in [0.3, 0.4) is 0 Å². The molecule has 4 rings (SSSR count). The van der Waals surface area contributed by atoms with Crippen molar-refractivity contribution < 1.29 is 14.7 Å². The fourth-order valence-electron chi connectivity index (χ4n) is 5.51. The second kappa shape index (κ2) is 7.03. The van der Waals surface area contributed by atoms with E-state index in [1.165, 1.54) is 18.4 Å². The summed E-state index contributed by atoms with van der Waals surface area (Å²) in [5.41, 5.74) is 1.38. The second-order valence-corrected chi connectivity index (χ2v) is 8.28. The van der Waals surface area contributed by atoms with Gasteiger partial charge in [-0.15, -0.1) is 0 Å². The van der Waals surface area contributed by atoms with E-state index in [0.717, 1.165) is 25.7 Å². The van der Waals surface area contributed by atoms with Gasteiger partial charge >= 0.3 is 5.97 Å². The van der Waals surface area contributed by atoms with Gasteiger partial charge in [0.15, 0.2) is 0 Å². The Hall–Kier alpha value is -1.88. The van der Waals surface area contributed by atoms with Crippen molar-refractivity contribution in [3.8, 4) is 0 Å². The molecule has 1 aliphatic carbocycles. The van der Waals surface area contributed by atoms with Crippen LogP contribution in [-0.4, -0.2) is 47.1 Å². The van der Waals surface area contributed by atoms with Gasteiger partial charge in [-0.2, -0.15) is 0 Å². The Kier molecular flexibility index (Phi) is 4.74. The van der Waals surface area contributed by atoms with Crippen molar-refractivity contribution in [2.24, 2.45) is 5.92 Å². The van der Waals surface area contributed by atoms with Crippen molar-refractivity contribution >= 4 is 11.9 Å². The minimum Gasteiger partial charge on any atom is -0.481 e. The number of carboxylic acids is 1. The van der Waals surface area contributed by atoms with Gasteiger partial charge in [0.2, 0.25) is 5.91 Å². The largest absolute Gasteiger partial charge is 0.481 e. The number of aliphatic carboxylic acids is 1. The quantitative estimate of drug-likeness (QED) is 0.822. The maximum atomic E-state index is 12.6. The molecule has 2 bridgehead atoms. The maximum absolute atomic E-state index is 12.6. The van der Waals surface area contributed by atoms with Gasteiger partial charge in [-0.3, -0.25) is 14.5 Å². The first-order valence-corrected chi connectivity index (χ1v) is 9.90. The van der Waals surface area contributed by atoms with Crippen molar-refractivity contribution in [1.82, 2.24) is 10.2 Å². The van der Waals surface area contributed by atoms with E-state index in [4.69, 9.17) is 0 Å². The van der Waals surface area contributed by atoms with Crippen molar-refractivity contribution in [1.29, 1.82) is 0 Å². The predicted molar refractivity (Wildman–Crippen MR) is 98.9 cm³/mol. The zero-order chi connectivity index (χ0) is 18.1. The standard InChI is InChI=1S/C21H28N2O3/c24-19(13-23-16-8-9-18(23)17(12-16)20(25)26)22-14-21(10-4-5-11-21)15-6-2-1-3-7-15/h1-3,6-7,16-18H,4-5,8-14H2,(H,22,24)(H,25,26). The third-order valence-electron chi connectivity index (χ3n) is 6.90. The summed E-state index contributed by atoms with van der Waals surface area (Å²) < 4.78 is 0. The molecular weight excluding hydrogens is 328 g/mol. The zero-order valence-corrected chi connectivity index (χ0v) is 15.2. The Balaban J connectivity index is 1.37. The second-order valence-electron chi connectivity index (χ2n) is 8.28. The molecular formula is C21H28N2O3. The van der Waals surface area contributed by atoms with Crippen molar-refractivity contribution in [3.05, 3.63) is 35.9 Å². The molecule has 2 saturated heterocycles. The molecule has 1 saturated carbocycles. The molecule has 5 nitrogen and oxygen atoms in total. The fourth-order valence-corrected chi connectivity index (χ4v) is 5.51. The Morgan fingerprint density at radius 1 is 1.15 bits per heavy atom. The lowest BCUT2D eigenvalue weighted by Crippen LogP contribution is -2.45. The van der Waals surface area contributed by atoms with Crippen LogP contribution in [0.15, 0.2) is 30.3 Å². The van der Waals surface area contributed by atoms with E-state index < -0.39 is 5.97 Å². The van der Waals surface area contributed by atoms with Gasteiger partial charge in [0.25, 0.3) is 0 Å². The Labute approximate surface area is 154 Å². The molecule has 2 aliphatic heterocycles. The minimum atomic E-state index is -0.711. The van der Waals surface area contributed by atoms with Crippen LogP contribution in [0.25, 0.3) is 0 Å². The van der Waals surface area contributed by atoms with Crippen LogP contribution in [0, 0.1) is 5.92 Å². The van der Waals surface area contributed by atoms with Crippen LogP contribution in [0.1, 0.15) is 50.5 Å². The van der Waals surface area contributed by atoms with Crippen LogP contribution in [-0.2, 0) is 15.0 Å². The lowest BCUT2D eigenvalue weighted by molar-refractivity contribution is -0.143. The third-order valence-corrected chi connectivity index (χ3v) is 6.90. The molecule has 1 amide bonds. The number of carboxylic acid groups (broad SMARTS) is 1. The van der Waals surface area contributed by atoms with Crippen molar-refractivity contribution in [3.63, 3.8) is 0 Å². The summed E-state index contributed by atoms with van der Waals surface area (Å²) >= 11 is 0. The average molecular weight is 356 g/mol. The van der Waals surface area contributed by atoms with E-state index in [0.29, 0.717) is 19.5 Å². The van der Waals surface area contributed by atoms with Gasteiger partial charge in [0.05, 0.1) is 12.5 Å². The highest BCUT2D eigenvalue weighted by Gasteiger charge is 2.49. The number of amides is 1. The van der Waals surface area contributed by atoms with E-state index in [1.54, 1.807) is 0 Å². The topological polar surface area (TPSA) is 69.6 Å². The molecule has 26 heavy (non-hydrogen) atoms. The smallest absolute Gasteiger partial charge is 0.308 e. The zero-order valence-electron chi connectivity index (χ0n) is 15.2. The van der Waals surface area contributed by atoms with Crippen LogP contribution < -0.4 is 5.32 Å². The summed E-state index contributed by atoms with van der Waals surface area (Å²) in [6, 6.07) is 10.8. The number of benzene rings is 1. The van der Waals surface area contributed by atoms with Gasteiger partial charge in [0, 0.05) is 24.0 Å². The van der Waals surface area contributed by atoms with Gasteiger partial charge in [-0.1, -0.05) is 43.2 Å². The first-order valence-electron chi connectivity index (χ1n) is 9.90. The molecule has 2 N–H and O–H groups in total. The molecule has 3 fully saturated rings. The summed E-state index contributed by atoms with van der Waals surface area (Å²) in [6.07, 6.45) is 7.28. The number of hydrogen-bond donors (Lipinski definition) is 2. The van der Waals surface area contributed by atoms with E-state index in [9.17, 15) is 14.7 Å². The van der Waals surface area contributed by atoms with Crippen molar-refractivity contribution in [2.75, 3.05) is 13.1 Å². The van der Waals surface area contributed by atoms with E-state index >= 15 is 0 Å². The summed E-state index contributed by atoms with van der Waals surface area (Å²) in [6.45, 7) is 1.02. The SMILES string of the molecule is O=C(CN1C2CCC1C(C(=O)O)C2)NCC1(c2ccccc2)CCCC1. The summed E-state index contributed by atoms with van der Waals surface area (Å²) in [5, 5.41) is 12.5. The highest BCUT2D eigenvalue weighted by atomic mass is 16.4. The molecule has 3 aliphatic rings. The number of nitrogens with one attached hydrogen (secondary N) is 1. The average Bonchev–Trinajstić information content (AvgIpc) is 3.36. The normalized spacial score (nSPS) is 29.8. The predicted octanol–water partition coefficient (Wildman–Crippen LogP) is 2.55. The van der Waals surface area contributed by atoms with E-state index in [2.05, 4.69) is 34.5 Å². The van der Waals surface area contributed by atoms with Crippen LogP contribution >= 0.6 is 0 Å². The number of hydrogen-bond acceptors (Lipinski definition) is 3. The number of nitrogens with zero attached hydrogens (tertiary/aromatic N) is 1. The van der Waals surface area contributed by atoms with Crippen LogP contribution in [0.5, 0.6) is 0 Å². The number of rotatable bonds is 6. The molecule has 2 heterocycles. The number of carbonyl (C=O) groups excluding carboxylic acids is 1. The molecule has 0 radical (unpaired) electrons. The Morgan fingerprint density at radius 3 is 2.54 bits per heavy atom. The number of carbonyl (C=O) groups is 2. The third kappa shape index (κ3) is 3.13. The van der Waals surface area contributed by atoms with E-state index in [1.807, 2.05) is 6.07 Å². The molecule has 0 aromatic heterocycles. The molecule has 5 heteroatoms. The number of fused-ring (bicyclic) bond motifs is 2. The monoisotopic (exact) mass is 356 g/mol. The van der Waals surface area contributed by atoms with E-state index in [-0.39, 0.29) is 29.3 Å². The lowest BCUT2D eigenvalue weighted by Gasteiger charge is -2.31. The molecule has 3 atom stereocenters. The van der Waals surface area contributed by atoms with Crippen LogP contribution in [0.4, 0.5) is 0 Å². The minimum absolute atomic E-state index is 0.0372. The lowest BCUT2D eigenvalue weighted by atomic mass is 9.79. The maximum Gasteiger partial charge on any atom is 0.308 e. The molecule has 0 spiro atoms. The first kappa shape index (κ1) is 17.5. The molecule has 140 valence electrons. The highest BCUT2D eigenvalue weighted by molar-refractivity contribution is 5.79. The fraction of sp³-hybridized carbons (Fsp3) is 0.619. The molecule has 3 unspecified atom stereocenters. The van der Waals surface area contributed by atoms with Crippen LogP contribution in [0.2, 0.25) is 0 Å². The molecule has 1 aromatic rings. The van der Waals surface area contributed by atoms with Gasteiger partial charge < -0.3 is 10.4 Å². The summed E-state index contributed by atoms with van der Waals surface area (Å²) in [4.78, 5) is 26.2. The van der Waals surface area contributed by atoms with Gasteiger partial charge in [-0.25, -0.2) is 0 Å². The first-order chi connectivity index (χ1) is 12.6. The molecule has 1 aromatic carbocycles. The van der Waals surface area contributed by atoms with Gasteiger partial charge in [0.1, 0.15) is 0 Å². The summed E-state index contributed by atoms with van der Waals surface area (Å²) in [7, 11) is 0. The van der Waals surface area contributed by atoms with Crippen molar-refractivity contribution in [2.45, 2.75) is 62.4 Å². The Morgan fingerprint density at radius 2 is 1.88 bits per heavy atom.